The Labute approximate surface area is 124 Å². The van der Waals surface area contributed by atoms with Crippen LogP contribution in [0.25, 0.3) is 5.69 Å². The second kappa shape index (κ2) is 5.72. The number of aromatic nitrogens is 3. The van der Waals surface area contributed by atoms with E-state index in [1.165, 1.54) is 11.0 Å². The van der Waals surface area contributed by atoms with Crippen molar-refractivity contribution < 1.29 is 4.79 Å². The van der Waals surface area contributed by atoms with Crippen LogP contribution in [-0.4, -0.2) is 40.0 Å². The van der Waals surface area contributed by atoms with Crippen molar-refractivity contribution in [3.05, 3.63) is 40.6 Å². The van der Waals surface area contributed by atoms with Crippen LogP contribution in [0, 0.1) is 0 Å². The van der Waals surface area contributed by atoms with Crippen LogP contribution in [-0.2, 0) is 0 Å². The molecule has 1 unspecified atom stereocenters. The fourth-order valence-corrected chi connectivity index (χ4v) is 2.37. The van der Waals surface area contributed by atoms with Gasteiger partial charge in [-0.15, -0.1) is 5.10 Å². The van der Waals surface area contributed by atoms with Crippen LogP contribution in [0.3, 0.4) is 0 Å². The van der Waals surface area contributed by atoms with E-state index in [9.17, 15) is 4.79 Å². The van der Waals surface area contributed by atoms with Crippen molar-refractivity contribution >= 4 is 21.8 Å². The maximum Gasteiger partial charge on any atom is 0.273 e. The Balaban J connectivity index is 1.72. The van der Waals surface area contributed by atoms with Crippen molar-refractivity contribution in [3.63, 3.8) is 0 Å². The molecule has 0 radical (unpaired) electrons. The van der Waals surface area contributed by atoms with E-state index in [1.54, 1.807) is 0 Å². The molecule has 0 saturated carbocycles. The molecule has 2 aromatic rings. The molecule has 6 nitrogen and oxygen atoms in total. The Hall–Kier alpha value is -1.73. The number of amides is 1. The molecule has 3 rings (SSSR count). The van der Waals surface area contributed by atoms with Crippen molar-refractivity contribution in [1.29, 1.82) is 0 Å². The summed E-state index contributed by atoms with van der Waals surface area (Å²) in [4.78, 5) is 13.5. The molecule has 1 aromatic carbocycles. The Morgan fingerprint density at radius 1 is 1.40 bits per heavy atom. The number of nitrogens with one attached hydrogen (secondary N) is 2. The fourth-order valence-electron chi connectivity index (χ4n) is 2.10. The maximum absolute atomic E-state index is 12.0. The van der Waals surface area contributed by atoms with Gasteiger partial charge in [-0.05, 0) is 37.2 Å². The topological polar surface area (TPSA) is 71.8 Å². The van der Waals surface area contributed by atoms with Crippen LogP contribution >= 0.6 is 15.9 Å². The Bertz CT molecular complexity index is 603. The smallest absolute Gasteiger partial charge is 0.273 e. The predicted molar refractivity (Wildman–Crippen MR) is 77.8 cm³/mol. The van der Waals surface area contributed by atoms with Gasteiger partial charge < -0.3 is 10.6 Å². The van der Waals surface area contributed by atoms with Gasteiger partial charge in [-0.25, -0.2) is 0 Å². The molecule has 2 heterocycles. The highest BCUT2D eigenvalue weighted by atomic mass is 79.9. The Morgan fingerprint density at radius 3 is 2.90 bits per heavy atom. The predicted octanol–water partition coefficient (Wildman–Crippen LogP) is 1.12. The molecule has 1 aliphatic rings. The van der Waals surface area contributed by atoms with E-state index in [2.05, 4.69) is 36.8 Å². The summed E-state index contributed by atoms with van der Waals surface area (Å²) in [5, 5.41) is 14.5. The standard InChI is InChI=1S/C13H14BrN5O/c14-9-1-3-11(4-2-9)19-16-8-12(18-19)13(20)17-10-5-6-15-7-10/h1-4,8,10,15H,5-7H2,(H,17,20). The number of carbonyl (C=O) groups is 1. The van der Waals surface area contributed by atoms with E-state index in [0.717, 1.165) is 29.7 Å². The highest BCUT2D eigenvalue weighted by molar-refractivity contribution is 9.10. The third kappa shape index (κ3) is 2.88. The van der Waals surface area contributed by atoms with Crippen LogP contribution in [0.15, 0.2) is 34.9 Å². The van der Waals surface area contributed by atoms with Gasteiger partial charge in [0.2, 0.25) is 0 Å². The largest absolute Gasteiger partial charge is 0.347 e. The Kier molecular flexibility index (Phi) is 3.79. The number of carbonyl (C=O) groups excluding carboxylic acids is 1. The quantitative estimate of drug-likeness (QED) is 0.881. The van der Waals surface area contributed by atoms with Gasteiger partial charge in [0.25, 0.3) is 5.91 Å². The van der Waals surface area contributed by atoms with Crippen molar-refractivity contribution in [2.75, 3.05) is 13.1 Å². The first-order valence-electron chi connectivity index (χ1n) is 6.42. The number of halogens is 1. The van der Waals surface area contributed by atoms with E-state index < -0.39 is 0 Å². The molecular formula is C13H14BrN5O. The summed E-state index contributed by atoms with van der Waals surface area (Å²) in [6, 6.07) is 7.75. The third-order valence-electron chi connectivity index (χ3n) is 3.18. The van der Waals surface area contributed by atoms with Crippen molar-refractivity contribution in [1.82, 2.24) is 25.6 Å². The highest BCUT2D eigenvalue weighted by Gasteiger charge is 2.19. The molecule has 1 fully saturated rings. The van der Waals surface area contributed by atoms with Crippen LogP contribution in [0.2, 0.25) is 0 Å². The van der Waals surface area contributed by atoms with E-state index in [4.69, 9.17) is 0 Å². The summed E-state index contributed by atoms with van der Waals surface area (Å²) in [6.07, 6.45) is 2.44. The van der Waals surface area contributed by atoms with Gasteiger partial charge in [0.15, 0.2) is 5.69 Å². The zero-order valence-electron chi connectivity index (χ0n) is 10.7. The summed E-state index contributed by atoms with van der Waals surface area (Å²) in [6.45, 7) is 1.75. The maximum atomic E-state index is 12.0. The van der Waals surface area contributed by atoms with Gasteiger partial charge in [-0.2, -0.15) is 9.90 Å². The van der Waals surface area contributed by atoms with Crippen LogP contribution < -0.4 is 10.6 Å². The van der Waals surface area contributed by atoms with Gasteiger partial charge >= 0.3 is 0 Å². The minimum atomic E-state index is -0.179. The average molecular weight is 336 g/mol. The van der Waals surface area contributed by atoms with Crippen molar-refractivity contribution in [2.24, 2.45) is 0 Å². The highest BCUT2D eigenvalue weighted by Crippen LogP contribution is 2.12. The first-order chi connectivity index (χ1) is 9.72. The molecule has 1 aromatic heterocycles. The lowest BCUT2D eigenvalue weighted by Gasteiger charge is -2.08. The summed E-state index contributed by atoms with van der Waals surface area (Å²) in [7, 11) is 0. The summed E-state index contributed by atoms with van der Waals surface area (Å²) in [5.74, 6) is -0.179. The van der Waals surface area contributed by atoms with Gasteiger partial charge in [-0.1, -0.05) is 15.9 Å². The molecule has 2 N–H and O–H groups in total. The lowest BCUT2D eigenvalue weighted by atomic mass is 10.2. The van der Waals surface area contributed by atoms with Crippen LogP contribution in [0.1, 0.15) is 16.9 Å². The van der Waals surface area contributed by atoms with Gasteiger partial charge in [-0.3, -0.25) is 4.79 Å². The lowest BCUT2D eigenvalue weighted by Crippen LogP contribution is -2.36. The SMILES string of the molecule is O=C(NC1CCNC1)c1cnn(-c2ccc(Br)cc2)n1. The fraction of sp³-hybridized carbons (Fsp3) is 0.308. The second-order valence-electron chi connectivity index (χ2n) is 4.66. The molecule has 1 amide bonds. The third-order valence-corrected chi connectivity index (χ3v) is 3.71. The van der Waals surface area contributed by atoms with Crippen molar-refractivity contribution in [2.45, 2.75) is 12.5 Å². The van der Waals surface area contributed by atoms with E-state index >= 15 is 0 Å². The average Bonchev–Trinajstić information content (AvgIpc) is 3.10. The molecule has 7 heteroatoms. The van der Waals surface area contributed by atoms with Gasteiger partial charge in [0.1, 0.15) is 0 Å². The number of benzene rings is 1. The summed E-state index contributed by atoms with van der Waals surface area (Å²) >= 11 is 3.38. The summed E-state index contributed by atoms with van der Waals surface area (Å²) < 4.78 is 0.986. The minimum absolute atomic E-state index is 0.179. The lowest BCUT2D eigenvalue weighted by molar-refractivity contribution is 0.0934. The number of rotatable bonds is 3. The molecule has 0 bridgehead atoms. The molecule has 1 saturated heterocycles. The van der Waals surface area contributed by atoms with Crippen LogP contribution in [0.5, 0.6) is 0 Å². The molecule has 20 heavy (non-hydrogen) atoms. The summed E-state index contributed by atoms with van der Waals surface area (Å²) in [5.41, 5.74) is 1.15. The molecule has 104 valence electrons. The zero-order valence-corrected chi connectivity index (χ0v) is 12.3. The molecule has 0 spiro atoms. The van der Waals surface area contributed by atoms with E-state index in [0.29, 0.717) is 5.69 Å². The molecule has 0 aliphatic carbocycles. The number of nitrogens with zero attached hydrogens (tertiary/aromatic N) is 3. The van der Waals surface area contributed by atoms with E-state index in [1.807, 2.05) is 24.3 Å². The van der Waals surface area contributed by atoms with E-state index in [-0.39, 0.29) is 11.9 Å². The Morgan fingerprint density at radius 2 is 2.20 bits per heavy atom. The molecular weight excluding hydrogens is 322 g/mol. The van der Waals surface area contributed by atoms with Crippen LogP contribution in [0.4, 0.5) is 0 Å². The van der Waals surface area contributed by atoms with Crippen molar-refractivity contribution in [3.8, 4) is 5.69 Å². The van der Waals surface area contributed by atoms with Gasteiger partial charge in [0, 0.05) is 17.1 Å². The normalized spacial score (nSPS) is 18.1. The number of hydrogen-bond acceptors (Lipinski definition) is 4. The minimum Gasteiger partial charge on any atom is -0.347 e. The first kappa shape index (κ1) is 13.3. The zero-order chi connectivity index (χ0) is 13.9. The molecule has 1 aliphatic heterocycles. The molecule has 1 atom stereocenters. The first-order valence-corrected chi connectivity index (χ1v) is 7.21. The monoisotopic (exact) mass is 335 g/mol. The number of hydrogen-bond donors (Lipinski definition) is 2. The van der Waals surface area contributed by atoms with Gasteiger partial charge in [0.05, 0.1) is 11.9 Å². The second-order valence-corrected chi connectivity index (χ2v) is 5.57.